The third kappa shape index (κ3) is 2.40. The van der Waals surface area contributed by atoms with E-state index in [1.165, 1.54) is 0 Å². The Morgan fingerprint density at radius 1 is 1.46 bits per heavy atom. The second-order valence-corrected chi connectivity index (χ2v) is 6.13. The highest BCUT2D eigenvalue weighted by atomic mass is 32.2. The summed E-state index contributed by atoms with van der Waals surface area (Å²) in [5.41, 5.74) is 4.01. The fraction of sp³-hybridized carbons (Fsp3) is 1.00. The van der Waals surface area contributed by atoms with Gasteiger partial charge in [-0.25, -0.2) is 12.8 Å². The predicted molar refractivity (Wildman–Crippen MR) is 49.9 cm³/mol. The first kappa shape index (κ1) is 10.9. The fourth-order valence-electron chi connectivity index (χ4n) is 1.58. The van der Waals surface area contributed by atoms with Crippen molar-refractivity contribution in [2.45, 2.75) is 25.4 Å². The summed E-state index contributed by atoms with van der Waals surface area (Å²) in [5, 5.41) is 0. The molecule has 0 saturated carbocycles. The van der Waals surface area contributed by atoms with E-state index in [4.69, 9.17) is 5.73 Å². The minimum absolute atomic E-state index is 0.0339. The van der Waals surface area contributed by atoms with Gasteiger partial charge in [-0.3, -0.25) is 0 Å². The Hall–Kier alpha value is -0.160. The minimum Gasteiger partial charge on any atom is -0.330 e. The van der Waals surface area contributed by atoms with E-state index in [1.807, 2.05) is 0 Å². The molecule has 1 fully saturated rings. The van der Waals surface area contributed by atoms with Crippen LogP contribution in [0, 0.1) is 5.92 Å². The van der Waals surface area contributed by atoms with Crippen molar-refractivity contribution in [3.8, 4) is 0 Å². The van der Waals surface area contributed by atoms with Gasteiger partial charge in [0.1, 0.15) is 5.67 Å². The van der Waals surface area contributed by atoms with E-state index in [0.717, 1.165) is 0 Å². The van der Waals surface area contributed by atoms with Crippen LogP contribution in [0.2, 0.25) is 0 Å². The van der Waals surface area contributed by atoms with Crippen LogP contribution in [0.1, 0.15) is 19.8 Å². The molecule has 0 aromatic rings. The van der Waals surface area contributed by atoms with Gasteiger partial charge >= 0.3 is 0 Å². The fourth-order valence-corrected chi connectivity index (χ4v) is 3.09. The molecule has 1 rings (SSSR count). The topological polar surface area (TPSA) is 60.2 Å². The zero-order valence-electron chi connectivity index (χ0n) is 7.79. The second-order valence-electron chi connectivity index (χ2n) is 3.82. The third-order valence-corrected chi connectivity index (χ3v) is 4.55. The zero-order chi connectivity index (χ0) is 10.1. The summed E-state index contributed by atoms with van der Waals surface area (Å²) in [6.07, 6.45) is 0.210. The number of rotatable bonds is 2. The number of hydrogen-bond donors (Lipinski definition) is 1. The predicted octanol–water partition coefficient (Wildman–Crippen LogP) is 0.498. The van der Waals surface area contributed by atoms with Crippen molar-refractivity contribution in [2.75, 3.05) is 18.1 Å². The maximum atomic E-state index is 14.0. The van der Waals surface area contributed by atoms with Gasteiger partial charge in [0, 0.05) is 5.92 Å². The van der Waals surface area contributed by atoms with Crippen LogP contribution in [0.15, 0.2) is 0 Å². The second kappa shape index (κ2) is 3.53. The summed E-state index contributed by atoms with van der Waals surface area (Å²) >= 11 is 0. The van der Waals surface area contributed by atoms with Gasteiger partial charge in [0.15, 0.2) is 9.84 Å². The van der Waals surface area contributed by atoms with E-state index in [0.29, 0.717) is 0 Å². The van der Waals surface area contributed by atoms with E-state index < -0.39 is 15.5 Å². The lowest BCUT2D eigenvalue weighted by molar-refractivity contribution is 0.0823. The minimum atomic E-state index is -2.98. The largest absolute Gasteiger partial charge is 0.330 e. The average Bonchev–Trinajstić information content (AvgIpc) is 2.09. The maximum Gasteiger partial charge on any atom is 0.150 e. The van der Waals surface area contributed by atoms with Gasteiger partial charge in [0.05, 0.1) is 11.5 Å². The molecule has 0 amide bonds. The van der Waals surface area contributed by atoms with Gasteiger partial charge in [-0.2, -0.15) is 0 Å². The number of halogens is 1. The molecule has 78 valence electrons. The number of nitrogens with two attached hydrogens (primary N) is 1. The molecule has 1 atom stereocenters. The Balaban J connectivity index is 2.66. The van der Waals surface area contributed by atoms with Gasteiger partial charge in [-0.15, -0.1) is 0 Å². The monoisotopic (exact) mass is 209 g/mol. The SMILES string of the molecule is CC(CN)C1(F)CCS(=O)(=O)CC1. The molecule has 13 heavy (non-hydrogen) atoms. The van der Waals surface area contributed by atoms with Crippen LogP contribution in [0.5, 0.6) is 0 Å². The van der Waals surface area contributed by atoms with Crippen molar-refractivity contribution in [1.82, 2.24) is 0 Å². The summed E-state index contributed by atoms with van der Waals surface area (Å²) in [7, 11) is -2.98. The van der Waals surface area contributed by atoms with E-state index in [-0.39, 0.29) is 36.8 Å². The first-order chi connectivity index (χ1) is 5.90. The standard InChI is InChI=1S/C8H16FNO2S/c1-7(6-10)8(9)2-4-13(11,12)5-3-8/h7H,2-6,10H2,1H3. The van der Waals surface area contributed by atoms with Crippen LogP contribution in [-0.4, -0.2) is 32.1 Å². The van der Waals surface area contributed by atoms with Crippen LogP contribution < -0.4 is 5.73 Å². The van der Waals surface area contributed by atoms with E-state index in [9.17, 15) is 12.8 Å². The molecule has 0 radical (unpaired) electrons. The molecule has 0 bridgehead atoms. The molecule has 1 saturated heterocycles. The van der Waals surface area contributed by atoms with Crippen molar-refractivity contribution in [3.05, 3.63) is 0 Å². The van der Waals surface area contributed by atoms with Crippen LogP contribution in [0.3, 0.4) is 0 Å². The van der Waals surface area contributed by atoms with Crippen molar-refractivity contribution in [1.29, 1.82) is 0 Å². The Bertz CT molecular complexity index is 262. The Kier molecular flexibility index (Phi) is 2.97. The van der Waals surface area contributed by atoms with Crippen molar-refractivity contribution < 1.29 is 12.8 Å². The molecule has 0 aromatic carbocycles. The number of hydrogen-bond acceptors (Lipinski definition) is 3. The van der Waals surface area contributed by atoms with Crippen LogP contribution in [-0.2, 0) is 9.84 Å². The molecule has 3 nitrogen and oxygen atoms in total. The lowest BCUT2D eigenvalue weighted by Gasteiger charge is -2.34. The number of alkyl halides is 1. The van der Waals surface area contributed by atoms with Gasteiger partial charge in [-0.05, 0) is 19.4 Å². The van der Waals surface area contributed by atoms with E-state index in [2.05, 4.69) is 0 Å². The van der Waals surface area contributed by atoms with Crippen LogP contribution in [0.25, 0.3) is 0 Å². The van der Waals surface area contributed by atoms with Gasteiger partial charge < -0.3 is 5.73 Å². The van der Waals surface area contributed by atoms with Gasteiger partial charge in [0.25, 0.3) is 0 Å². The highest BCUT2D eigenvalue weighted by molar-refractivity contribution is 7.91. The summed E-state index contributed by atoms with van der Waals surface area (Å²) in [6.45, 7) is 2.01. The summed E-state index contributed by atoms with van der Waals surface area (Å²) in [6, 6.07) is 0. The van der Waals surface area contributed by atoms with Crippen LogP contribution in [0.4, 0.5) is 4.39 Å². The highest BCUT2D eigenvalue weighted by Crippen LogP contribution is 2.34. The first-order valence-corrected chi connectivity index (χ1v) is 6.31. The van der Waals surface area contributed by atoms with Crippen LogP contribution >= 0.6 is 0 Å². The Morgan fingerprint density at radius 3 is 2.31 bits per heavy atom. The van der Waals surface area contributed by atoms with E-state index >= 15 is 0 Å². The van der Waals surface area contributed by atoms with Crippen molar-refractivity contribution in [3.63, 3.8) is 0 Å². The molecule has 5 heteroatoms. The summed E-state index contributed by atoms with van der Waals surface area (Å²) < 4.78 is 36.1. The smallest absolute Gasteiger partial charge is 0.150 e. The van der Waals surface area contributed by atoms with Gasteiger partial charge in [-0.1, -0.05) is 6.92 Å². The first-order valence-electron chi connectivity index (χ1n) is 4.49. The zero-order valence-corrected chi connectivity index (χ0v) is 8.61. The molecule has 1 heterocycles. The van der Waals surface area contributed by atoms with Crippen molar-refractivity contribution >= 4 is 9.84 Å². The normalized spacial score (nSPS) is 28.2. The lowest BCUT2D eigenvalue weighted by atomic mass is 9.85. The Labute approximate surface area is 78.4 Å². The molecule has 0 aliphatic carbocycles. The van der Waals surface area contributed by atoms with Crippen molar-refractivity contribution in [2.24, 2.45) is 11.7 Å². The molecule has 2 N–H and O–H groups in total. The highest BCUT2D eigenvalue weighted by Gasteiger charge is 2.41. The lowest BCUT2D eigenvalue weighted by Crippen LogP contribution is -2.43. The Morgan fingerprint density at radius 2 is 1.92 bits per heavy atom. The molecular formula is C8H16FNO2S. The van der Waals surface area contributed by atoms with E-state index in [1.54, 1.807) is 6.92 Å². The summed E-state index contributed by atoms with van der Waals surface area (Å²) in [5.74, 6) is -0.315. The quantitative estimate of drug-likeness (QED) is 0.720. The molecule has 0 spiro atoms. The molecular weight excluding hydrogens is 193 g/mol. The third-order valence-electron chi connectivity index (χ3n) is 2.89. The number of sulfone groups is 1. The molecule has 1 aliphatic heterocycles. The molecule has 1 unspecified atom stereocenters. The molecule has 0 aromatic heterocycles. The average molecular weight is 209 g/mol. The van der Waals surface area contributed by atoms with Gasteiger partial charge in [0.2, 0.25) is 0 Å². The molecule has 1 aliphatic rings. The summed E-state index contributed by atoms with van der Waals surface area (Å²) in [4.78, 5) is 0. The maximum absolute atomic E-state index is 14.0.